The molecule has 1 aromatic heterocycles. The van der Waals surface area contributed by atoms with Crippen molar-refractivity contribution < 1.29 is 4.74 Å². The van der Waals surface area contributed by atoms with Crippen LogP contribution in [0.25, 0.3) is 11.3 Å². The maximum absolute atomic E-state index is 6.06. The molecular weight excluding hydrogens is 464 g/mol. The minimum atomic E-state index is 0.497. The Morgan fingerprint density at radius 1 is 0.789 bits per heavy atom. The van der Waals surface area contributed by atoms with E-state index < -0.39 is 0 Å². The molecule has 4 rings (SSSR count). The number of nitrogens with zero attached hydrogens (tertiary/aromatic N) is 2. The third-order valence-electron chi connectivity index (χ3n) is 7.67. The molecule has 3 aromatic carbocycles. The van der Waals surface area contributed by atoms with Crippen molar-refractivity contribution in [3.63, 3.8) is 0 Å². The summed E-state index contributed by atoms with van der Waals surface area (Å²) >= 11 is 0. The van der Waals surface area contributed by atoms with E-state index >= 15 is 0 Å². The highest BCUT2D eigenvalue weighted by Gasteiger charge is 2.20. The van der Waals surface area contributed by atoms with E-state index in [-0.39, 0.29) is 0 Å². The fourth-order valence-corrected chi connectivity index (χ4v) is 5.46. The molecule has 0 aliphatic carbocycles. The first kappa shape index (κ1) is 27.6. The van der Waals surface area contributed by atoms with Gasteiger partial charge in [0.2, 0.25) is 0 Å². The van der Waals surface area contributed by atoms with Crippen molar-refractivity contribution in [2.45, 2.75) is 66.0 Å². The number of pyridine rings is 1. The Kier molecular flexibility index (Phi) is 9.73. The fourth-order valence-electron chi connectivity index (χ4n) is 5.46. The van der Waals surface area contributed by atoms with Gasteiger partial charge in [-0.25, -0.2) is 0 Å². The van der Waals surface area contributed by atoms with Crippen molar-refractivity contribution in [3.8, 4) is 17.0 Å². The zero-order chi connectivity index (χ0) is 26.9. The third-order valence-corrected chi connectivity index (χ3v) is 7.67. The van der Waals surface area contributed by atoms with Crippen LogP contribution in [0.4, 0.5) is 0 Å². The Labute approximate surface area is 229 Å². The predicted molar refractivity (Wildman–Crippen MR) is 160 cm³/mol. The second-order valence-electron chi connectivity index (χ2n) is 10.2. The van der Waals surface area contributed by atoms with E-state index in [0.29, 0.717) is 5.92 Å². The summed E-state index contributed by atoms with van der Waals surface area (Å²) in [7, 11) is 1.79. The minimum absolute atomic E-state index is 0.497. The van der Waals surface area contributed by atoms with Crippen LogP contribution in [0.5, 0.6) is 5.75 Å². The van der Waals surface area contributed by atoms with Crippen molar-refractivity contribution in [1.82, 2.24) is 9.88 Å². The summed E-state index contributed by atoms with van der Waals surface area (Å²) in [4.78, 5) is 7.60. The maximum atomic E-state index is 6.06. The topological polar surface area (TPSA) is 25.4 Å². The Bertz CT molecular complexity index is 1280. The smallest absolute Gasteiger partial charge is 0.129 e. The van der Waals surface area contributed by atoms with Crippen LogP contribution in [-0.4, -0.2) is 23.5 Å². The first-order chi connectivity index (χ1) is 18.5. The number of hydrogen-bond acceptors (Lipinski definition) is 3. The molecular formula is C35H42N2O. The lowest BCUT2D eigenvalue weighted by atomic mass is 9.92. The van der Waals surface area contributed by atoms with Gasteiger partial charge in [0.15, 0.2) is 0 Å². The van der Waals surface area contributed by atoms with Crippen molar-refractivity contribution in [2.75, 3.05) is 13.7 Å². The normalized spacial score (nSPS) is 12.1. The molecule has 198 valence electrons. The minimum Gasteiger partial charge on any atom is -0.496 e. The Morgan fingerprint density at radius 2 is 1.42 bits per heavy atom. The molecule has 0 aliphatic heterocycles. The van der Waals surface area contributed by atoms with Crippen LogP contribution in [-0.2, 0) is 25.9 Å². The molecule has 0 amide bonds. The van der Waals surface area contributed by atoms with Crippen molar-refractivity contribution in [2.24, 2.45) is 0 Å². The summed E-state index contributed by atoms with van der Waals surface area (Å²) in [5.41, 5.74) is 10.00. The molecule has 0 fully saturated rings. The molecule has 0 aliphatic rings. The molecule has 0 bridgehead atoms. The summed E-state index contributed by atoms with van der Waals surface area (Å²) in [6, 6.07) is 28.2. The van der Waals surface area contributed by atoms with Crippen LogP contribution in [0.15, 0.2) is 85.1 Å². The van der Waals surface area contributed by atoms with Gasteiger partial charge in [0.25, 0.3) is 0 Å². The number of hydrogen-bond donors (Lipinski definition) is 0. The lowest BCUT2D eigenvalue weighted by Gasteiger charge is -2.26. The van der Waals surface area contributed by atoms with Gasteiger partial charge in [0.05, 0.1) is 12.8 Å². The first-order valence-corrected chi connectivity index (χ1v) is 14.0. The van der Waals surface area contributed by atoms with Crippen molar-refractivity contribution >= 4 is 0 Å². The molecule has 4 aromatic rings. The highest BCUT2D eigenvalue weighted by atomic mass is 16.5. The third kappa shape index (κ3) is 6.52. The first-order valence-electron chi connectivity index (χ1n) is 14.0. The molecule has 1 unspecified atom stereocenters. The number of benzene rings is 3. The molecule has 0 spiro atoms. The van der Waals surface area contributed by atoms with Crippen molar-refractivity contribution in [3.05, 3.63) is 118 Å². The van der Waals surface area contributed by atoms with Gasteiger partial charge >= 0.3 is 0 Å². The largest absolute Gasteiger partial charge is 0.496 e. The van der Waals surface area contributed by atoms with Gasteiger partial charge in [-0.15, -0.1) is 0 Å². The monoisotopic (exact) mass is 506 g/mol. The lowest BCUT2D eigenvalue weighted by molar-refractivity contribution is 0.243. The molecule has 3 heteroatoms. The molecule has 1 heterocycles. The van der Waals surface area contributed by atoms with E-state index in [0.717, 1.165) is 61.5 Å². The molecule has 0 saturated heterocycles. The van der Waals surface area contributed by atoms with Gasteiger partial charge in [0, 0.05) is 36.0 Å². The zero-order valence-electron chi connectivity index (χ0n) is 23.7. The van der Waals surface area contributed by atoms with E-state index in [1.165, 1.54) is 27.8 Å². The van der Waals surface area contributed by atoms with Crippen LogP contribution in [0.2, 0.25) is 0 Å². The van der Waals surface area contributed by atoms with E-state index in [1.54, 1.807) is 7.11 Å². The summed E-state index contributed by atoms with van der Waals surface area (Å²) in [6.07, 6.45) is 5.11. The molecule has 0 saturated carbocycles. The van der Waals surface area contributed by atoms with E-state index in [4.69, 9.17) is 9.72 Å². The quantitative estimate of drug-likeness (QED) is 0.193. The highest BCUT2D eigenvalue weighted by molar-refractivity contribution is 5.73. The van der Waals surface area contributed by atoms with Crippen LogP contribution in [0, 0.1) is 6.92 Å². The predicted octanol–water partition coefficient (Wildman–Crippen LogP) is 8.39. The number of aryl methyl sites for hydroxylation is 2. The van der Waals surface area contributed by atoms with E-state index in [1.807, 2.05) is 6.20 Å². The zero-order valence-corrected chi connectivity index (χ0v) is 23.7. The Morgan fingerprint density at radius 3 is 2.03 bits per heavy atom. The van der Waals surface area contributed by atoms with Gasteiger partial charge in [-0.3, -0.25) is 9.88 Å². The molecule has 1 atom stereocenters. The average Bonchev–Trinajstić information content (AvgIpc) is 2.96. The SMILES string of the molecule is CCc1cccc(CC)c1-c1ncc(CN(CCC(C)c2ccccc2)Cc2ccccc2)c(OC)c1C. The summed E-state index contributed by atoms with van der Waals surface area (Å²) in [5, 5.41) is 0. The lowest BCUT2D eigenvalue weighted by Crippen LogP contribution is -2.25. The van der Waals surface area contributed by atoms with E-state index in [2.05, 4.69) is 111 Å². The van der Waals surface area contributed by atoms with Crippen LogP contribution in [0.3, 0.4) is 0 Å². The van der Waals surface area contributed by atoms with Crippen LogP contribution < -0.4 is 4.74 Å². The van der Waals surface area contributed by atoms with Gasteiger partial charge in [-0.2, -0.15) is 0 Å². The van der Waals surface area contributed by atoms with Crippen molar-refractivity contribution in [1.29, 1.82) is 0 Å². The number of aromatic nitrogens is 1. The molecule has 0 N–H and O–H groups in total. The Balaban J connectivity index is 1.64. The number of ether oxygens (including phenoxy) is 1. The molecule has 3 nitrogen and oxygen atoms in total. The average molecular weight is 507 g/mol. The summed E-state index contributed by atoms with van der Waals surface area (Å²) < 4.78 is 6.06. The maximum Gasteiger partial charge on any atom is 0.129 e. The van der Waals surface area contributed by atoms with Gasteiger partial charge < -0.3 is 4.74 Å². The van der Waals surface area contributed by atoms with Crippen LogP contribution >= 0.6 is 0 Å². The highest BCUT2D eigenvalue weighted by Crippen LogP contribution is 2.36. The Hall–Kier alpha value is -3.43. The van der Waals surface area contributed by atoms with Gasteiger partial charge in [0.1, 0.15) is 5.75 Å². The molecule has 38 heavy (non-hydrogen) atoms. The summed E-state index contributed by atoms with van der Waals surface area (Å²) in [6.45, 7) is 11.6. The summed E-state index contributed by atoms with van der Waals surface area (Å²) in [5.74, 6) is 1.45. The van der Waals surface area contributed by atoms with Gasteiger partial charge in [-0.1, -0.05) is 99.6 Å². The number of methoxy groups -OCH3 is 1. The van der Waals surface area contributed by atoms with Crippen LogP contribution in [0.1, 0.15) is 66.5 Å². The second kappa shape index (κ2) is 13.4. The van der Waals surface area contributed by atoms with E-state index in [9.17, 15) is 0 Å². The molecule has 0 radical (unpaired) electrons. The fraction of sp³-hybridized carbons (Fsp3) is 0.343. The number of rotatable bonds is 12. The van der Waals surface area contributed by atoms with Gasteiger partial charge in [-0.05, 0) is 60.9 Å². The standard InChI is InChI=1S/C35H42N2O/c1-6-29-19-14-20-30(7-2)33(29)34-27(4)35(38-5)32(23-36-34)25-37(24-28-15-10-8-11-16-28)22-21-26(3)31-17-12-9-13-18-31/h8-20,23,26H,6-7,21-22,24-25H2,1-5H3. The second-order valence-corrected chi connectivity index (χ2v) is 10.2.